The van der Waals surface area contributed by atoms with Gasteiger partial charge in [-0.3, -0.25) is 0 Å². The second-order valence-corrected chi connectivity index (χ2v) is 5.10. The normalized spacial score (nSPS) is 10.5. The van der Waals surface area contributed by atoms with Crippen LogP contribution in [0.15, 0.2) is 60.7 Å². The molecule has 3 aromatic rings. The number of hydrogen-bond donors (Lipinski definition) is 1. The minimum atomic E-state index is -0.962. The summed E-state index contributed by atoms with van der Waals surface area (Å²) in [6.07, 6.45) is 0. The Morgan fingerprint density at radius 1 is 1.00 bits per heavy atom. The number of carboxylic acid groups (broad SMARTS) is 1. The van der Waals surface area contributed by atoms with Crippen LogP contribution in [-0.2, 0) is 6.61 Å². The molecule has 0 aliphatic heterocycles. The van der Waals surface area contributed by atoms with Crippen LogP contribution >= 0.6 is 0 Å². The lowest BCUT2D eigenvalue weighted by Gasteiger charge is -2.11. The lowest BCUT2D eigenvalue weighted by molar-refractivity contribution is 0.0698. The van der Waals surface area contributed by atoms with Crippen molar-refractivity contribution in [2.45, 2.75) is 6.61 Å². The Balaban J connectivity index is 1.91. The molecule has 3 aromatic carbocycles. The Morgan fingerprint density at radius 3 is 2.35 bits per heavy atom. The summed E-state index contributed by atoms with van der Waals surface area (Å²) < 4.78 is 11.0. The summed E-state index contributed by atoms with van der Waals surface area (Å²) in [7, 11) is 1.62. The van der Waals surface area contributed by atoms with Crippen molar-refractivity contribution in [2.24, 2.45) is 0 Å². The largest absolute Gasteiger partial charge is 0.497 e. The molecule has 1 N–H and O–H groups in total. The van der Waals surface area contributed by atoms with E-state index in [2.05, 4.69) is 0 Å². The molecule has 0 bridgehead atoms. The van der Waals surface area contributed by atoms with Gasteiger partial charge in [-0.2, -0.15) is 0 Å². The number of fused-ring (bicyclic) bond motifs is 1. The van der Waals surface area contributed by atoms with E-state index in [1.165, 1.54) is 0 Å². The van der Waals surface area contributed by atoms with E-state index in [9.17, 15) is 9.90 Å². The number of methoxy groups -OCH3 is 1. The van der Waals surface area contributed by atoms with Crippen LogP contribution in [0.25, 0.3) is 10.8 Å². The topological polar surface area (TPSA) is 55.8 Å². The van der Waals surface area contributed by atoms with Crippen LogP contribution in [-0.4, -0.2) is 18.2 Å². The molecule has 0 fully saturated rings. The van der Waals surface area contributed by atoms with Gasteiger partial charge in [-0.15, -0.1) is 0 Å². The molecule has 0 aliphatic carbocycles. The van der Waals surface area contributed by atoms with Gasteiger partial charge in [-0.1, -0.05) is 36.4 Å². The lowest BCUT2D eigenvalue weighted by Crippen LogP contribution is -2.01. The number of hydrogen-bond acceptors (Lipinski definition) is 3. The molecule has 0 heterocycles. The summed E-state index contributed by atoms with van der Waals surface area (Å²) in [5.41, 5.74) is 1.23. The van der Waals surface area contributed by atoms with E-state index in [1.807, 2.05) is 42.5 Å². The van der Waals surface area contributed by atoms with Crippen LogP contribution < -0.4 is 9.47 Å². The van der Waals surface area contributed by atoms with Crippen molar-refractivity contribution in [3.05, 3.63) is 71.8 Å². The number of carbonyl (C=O) groups is 1. The molecule has 0 amide bonds. The molecular formula is C19H16O4. The Hall–Kier alpha value is -3.01. The lowest BCUT2D eigenvalue weighted by atomic mass is 10.0. The van der Waals surface area contributed by atoms with Crippen LogP contribution in [0.5, 0.6) is 11.5 Å². The number of aromatic carboxylic acids is 1. The summed E-state index contributed by atoms with van der Waals surface area (Å²) >= 11 is 0. The van der Waals surface area contributed by atoms with Crippen molar-refractivity contribution in [2.75, 3.05) is 7.11 Å². The van der Waals surface area contributed by atoms with Gasteiger partial charge in [-0.25, -0.2) is 4.79 Å². The molecule has 0 saturated carbocycles. The first kappa shape index (κ1) is 14.9. The number of ether oxygens (including phenoxy) is 2. The van der Waals surface area contributed by atoms with Crippen molar-refractivity contribution in [1.29, 1.82) is 0 Å². The van der Waals surface area contributed by atoms with Crippen molar-refractivity contribution >= 4 is 16.7 Å². The fourth-order valence-corrected chi connectivity index (χ4v) is 2.49. The predicted octanol–water partition coefficient (Wildman–Crippen LogP) is 4.13. The summed E-state index contributed by atoms with van der Waals surface area (Å²) in [6, 6.07) is 18.3. The van der Waals surface area contributed by atoms with E-state index in [-0.39, 0.29) is 5.56 Å². The first-order valence-electron chi connectivity index (χ1n) is 7.20. The summed E-state index contributed by atoms with van der Waals surface area (Å²) in [5, 5.41) is 10.8. The zero-order valence-electron chi connectivity index (χ0n) is 12.7. The van der Waals surface area contributed by atoms with E-state index in [0.717, 1.165) is 16.7 Å². The van der Waals surface area contributed by atoms with Gasteiger partial charge < -0.3 is 14.6 Å². The highest BCUT2D eigenvalue weighted by Gasteiger charge is 2.12. The highest BCUT2D eigenvalue weighted by atomic mass is 16.5. The van der Waals surface area contributed by atoms with E-state index in [1.54, 1.807) is 25.3 Å². The van der Waals surface area contributed by atoms with Crippen LogP contribution in [0.4, 0.5) is 0 Å². The van der Waals surface area contributed by atoms with Crippen molar-refractivity contribution < 1.29 is 19.4 Å². The molecule has 0 unspecified atom stereocenters. The van der Waals surface area contributed by atoms with E-state index < -0.39 is 5.97 Å². The molecule has 4 nitrogen and oxygen atoms in total. The Kier molecular flexibility index (Phi) is 4.15. The number of benzene rings is 3. The van der Waals surface area contributed by atoms with Gasteiger partial charge in [0.1, 0.15) is 18.1 Å². The third kappa shape index (κ3) is 3.11. The van der Waals surface area contributed by atoms with Gasteiger partial charge in [-0.05, 0) is 35.2 Å². The van der Waals surface area contributed by atoms with E-state index >= 15 is 0 Å². The fraction of sp³-hybridized carbons (Fsp3) is 0.105. The van der Waals surface area contributed by atoms with Gasteiger partial charge in [0.25, 0.3) is 0 Å². The van der Waals surface area contributed by atoms with Crippen molar-refractivity contribution in [3.63, 3.8) is 0 Å². The van der Waals surface area contributed by atoms with Crippen LogP contribution in [0.2, 0.25) is 0 Å². The van der Waals surface area contributed by atoms with E-state index in [0.29, 0.717) is 17.7 Å². The molecule has 116 valence electrons. The average Bonchev–Trinajstić information content (AvgIpc) is 2.59. The highest BCUT2D eigenvalue weighted by molar-refractivity contribution is 6.06. The maximum absolute atomic E-state index is 11.4. The first-order chi connectivity index (χ1) is 11.2. The maximum Gasteiger partial charge on any atom is 0.336 e. The molecule has 0 spiro atoms. The van der Waals surface area contributed by atoms with Gasteiger partial charge in [0.2, 0.25) is 0 Å². The standard InChI is InChI=1S/C19H16O4/c1-22-15-10-8-13(9-11-15)12-23-17-7-3-5-14-4-2-6-16(18(14)17)19(20)21/h2-11H,12H2,1H3,(H,20,21). The first-order valence-corrected chi connectivity index (χ1v) is 7.20. The molecule has 0 aromatic heterocycles. The zero-order chi connectivity index (χ0) is 16.2. The second-order valence-electron chi connectivity index (χ2n) is 5.10. The van der Waals surface area contributed by atoms with Gasteiger partial charge >= 0.3 is 5.97 Å². The third-order valence-electron chi connectivity index (χ3n) is 3.65. The molecule has 0 atom stereocenters. The highest BCUT2D eigenvalue weighted by Crippen LogP contribution is 2.29. The number of carboxylic acids is 1. The quantitative estimate of drug-likeness (QED) is 0.770. The van der Waals surface area contributed by atoms with Gasteiger partial charge in [0, 0.05) is 5.39 Å². The SMILES string of the molecule is COc1ccc(COc2cccc3cccc(C(=O)O)c23)cc1. The Labute approximate surface area is 133 Å². The van der Waals surface area contributed by atoms with Crippen molar-refractivity contribution in [3.8, 4) is 11.5 Å². The Bertz CT molecular complexity index is 832. The van der Waals surface area contributed by atoms with Gasteiger partial charge in [0.05, 0.1) is 12.7 Å². The van der Waals surface area contributed by atoms with Crippen molar-refractivity contribution in [1.82, 2.24) is 0 Å². The Morgan fingerprint density at radius 2 is 1.70 bits per heavy atom. The zero-order valence-corrected chi connectivity index (χ0v) is 12.7. The average molecular weight is 308 g/mol. The summed E-state index contributed by atoms with van der Waals surface area (Å²) in [6.45, 7) is 0.358. The summed E-state index contributed by atoms with van der Waals surface area (Å²) in [4.78, 5) is 11.4. The third-order valence-corrected chi connectivity index (χ3v) is 3.65. The van der Waals surface area contributed by atoms with Crippen LogP contribution in [0, 0.1) is 0 Å². The predicted molar refractivity (Wildman–Crippen MR) is 88.2 cm³/mol. The molecule has 0 radical (unpaired) electrons. The smallest absolute Gasteiger partial charge is 0.336 e. The molecule has 3 rings (SSSR count). The fourth-order valence-electron chi connectivity index (χ4n) is 2.49. The second kappa shape index (κ2) is 6.40. The van der Waals surface area contributed by atoms with Crippen LogP contribution in [0.1, 0.15) is 15.9 Å². The molecule has 0 aliphatic rings. The van der Waals surface area contributed by atoms with Gasteiger partial charge in [0.15, 0.2) is 0 Å². The number of rotatable bonds is 5. The summed E-state index contributed by atoms with van der Waals surface area (Å²) in [5.74, 6) is 0.388. The molecule has 23 heavy (non-hydrogen) atoms. The van der Waals surface area contributed by atoms with E-state index in [4.69, 9.17) is 9.47 Å². The minimum Gasteiger partial charge on any atom is -0.497 e. The monoisotopic (exact) mass is 308 g/mol. The van der Waals surface area contributed by atoms with Crippen LogP contribution in [0.3, 0.4) is 0 Å². The molecule has 0 saturated heterocycles. The molecule has 4 heteroatoms. The molecular weight excluding hydrogens is 292 g/mol. The maximum atomic E-state index is 11.4. The minimum absolute atomic E-state index is 0.243.